The fourth-order valence-electron chi connectivity index (χ4n) is 3.20. The van der Waals surface area contributed by atoms with Crippen LogP contribution in [0.2, 0.25) is 0 Å². The summed E-state index contributed by atoms with van der Waals surface area (Å²) in [5.74, 6) is -0.540. The van der Waals surface area contributed by atoms with Gasteiger partial charge in [-0.25, -0.2) is 4.98 Å². The Balaban J connectivity index is 1.78. The molecule has 1 amide bonds. The maximum atomic E-state index is 12.4. The number of nitrogens with zero attached hydrogens (tertiary/aromatic N) is 3. The minimum atomic E-state index is -0.312. The molecule has 0 saturated heterocycles. The van der Waals surface area contributed by atoms with Crippen LogP contribution >= 0.6 is 0 Å². The van der Waals surface area contributed by atoms with Crippen molar-refractivity contribution in [2.45, 2.75) is 20.3 Å². The van der Waals surface area contributed by atoms with Crippen LogP contribution in [0.25, 0.3) is 22.3 Å². The van der Waals surface area contributed by atoms with E-state index in [2.05, 4.69) is 20.3 Å². The molecule has 9 heteroatoms. The van der Waals surface area contributed by atoms with Gasteiger partial charge in [-0.1, -0.05) is 0 Å². The van der Waals surface area contributed by atoms with Gasteiger partial charge in [-0.15, -0.1) is 0 Å². The number of likely N-dealkylation sites (N-methyl/N-ethyl adjacent to an activating group) is 1. The first-order valence-corrected chi connectivity index (χ1v) is 10.6. The summed E-state index contributed by atoms with van der Waals surface area (Å²) in [7, 11) is 3.89. The van der Waals surface area contributed by atoms with E-state index in [4.69, 9.17) is 11.1 Å². The number of allylic oxidation sites excluding steroid dienone is 2. The maximum Gasteiger partial charge on any atom is 0.269 e. The van der Waals surface area contributed by atoms with Crippen molar-refractivity contribution in [1.29, 1.82) is 5.41 Å². The molecule has 33 heavy (non-hydrogen) atoms. The number of fused-ring (bicyclic) bond motifs is 1. The van der Waals surface area contributed by atoms with Crippen molar-refractivity contribution in [3.63, 3.8) is 0 Å². The second-order valence-electron chi connectivity index (χ2n) is 8.24. The fraction of sp³-hybridized carbons (Fsp3) is 0.292. The van der Waals surface area contributed by atoms with Crippen LogP contribution in [0.1, 0.15) is 29.9 Å². The number of H-pyrrole nitrogens is 1. The molecule has 172 valence electrons. The number of rotatable bonds is 9. The number of aromatic nitrogens is 3. The van der Waals surface area contributed by atoms with E-state index >= 15 is 0 Å². The smallest absolute Gasteiger partial charge is 0.269 e. The number of carbonyl (C=O) groups is 2. The van der Waals surface area contributed by atoms with Crippen LogP contribution in [0.15, 0.2) is 47.9 Å². The molecule has 0 radical (unpaired) electrons. The van der Waals surface area contributed by atoms with Crippen molar-refractivity contribution in [2.24, 2.45) is 5.73 Å². The first kappa shape index (κ1) is 23.8. The summed E-state index contributed by atoms with van der Waals surface area (Å²) >= 11 is 0. The zero-order chi connectivity index (χ0) is 24.1. The molecule has 9 nitrogen and oxygen atoms in total. The molecule has 3 aromatic rings. The first-order valence-electron chi connectivity index (χ1n) is 10.6. The van der Waals surface area contributed by atoms with E-state index in [1.54, 1.807) is 32.3 Å². The van der Waals surface area contributed by atoms with Crippen molar-refractivity contribution < 1.29 is 9.59 Å². The van der Waals surface area contributed by atoms with Gasteiger partial charge in [0, 0.05) is 54.2 Å². The van der Waals surface area contributed by atoms with Gasteiger partial charge in [-0.2, -0.15) is 0 Å². The lowest BCUT2D eigenvalue weighted by molar-refractivity contribution is -0.112. The van der Waals surface area contributed by atoms with Gasteiger partial charge < -0.3 is 20.9 Å². The normalized spacial score (nSPS) is 12.0. The number of aromatic amines is 1. The van der Waals surface area contributed by atoms with Crippen molar-refractivity contribution in [3.8, 4) is 11.3 Å². The number of ketones is 1. The van der Waals surface area contributed by atoms with Gasteiger partial charge >= 0.3 is 0 Å². The first-order chi connectivity index (χ1) is 15.7. The Bertz CT molecular complexity index is 1240. The number of pyridine rings is 2. The Hall–Kier alpha value is -3.85. The van der Waals surface area contributed by atoms with Crippen LogP contribution in [-0.2, 0) is 11.2 Å². The van der Waals surface area contributed by atoms with E-state index in [0.29, 0.717) is 34.7 Å². The molecule has 0 saturated carbocycles. The lowest BCUT2D eigenvalue weighted by Crippen LogP contribution is -2.31. The third kappa shape index (κ3) is 5.89. The Labute approximate surface area is 192 Å². The molecule has 0 atom stereocenters. The lowest BCUT2D eigenvalue weighted by atomic mass is 10.0. The topological polar surface area (TPSA) is 141 Å². The molecule has 3 rings (SSSR count). The number of carbonyl (C=O) groups excluding carboxylic acids is 2. The van der Waals surface area contributed by atoms with Gasteiger partial charge in [0.25, 0.3) is 5.91 Å². The maximum absolute atomic E-state index is 12.4. The molecule has 3 aromatic heterocycles. The number of nitrogens with one attached hydrogen (secondary N) is 3. The van der Waals surface area contributed by atoms with Crippen molar-refractivity contribution >= 4 is 28.4 Å². The zero-order valence-corrected chi connectivity index (χ0v) is 19.3. The van der Waals surface area contributed by atoms with Gasteiger partial charge in [0.15, 0.2) is 5.78 Å². The van der Waals surface area contributed by atoms with Crippen LogP contribution in [0.5, 0.6) is 0 Å². The average molecular weight is 448 g/mol. The highest BCUT2D eigenvalue weighted by Gasteiger charge is 2.15. The summed E-state index contributed by atoms with van der Waals surface area (Å²) in [6.45, 7) is 4.61. The summed E-state index contributed by atoms with van der Waals surface area (Å²) in [5.41, 5.74) is 9.86. The highest BCUT2D eigenvalue weighted by atomic mass is 16.2. The molecule has 0 bridgehead atoms. The Morgan fingerprint density at radius 3 is 2.64 bits per heavy atom. The predicted molar refractivity (Wildman–Crippen MR) is 129 cm³/mol. The van der Waals surface area contributed by atoms with E-state index in [0.717, 1.165) is 23.2 Å². The summed E-state index contributed by atoms with van der Waals surface area (Å²) in [5, 5.41) is 11.7. The van der Waals surface area contributed by atoms with Gasteiger partial charge in [0.05, 0.1) is 0 Å². The van der Waals surface area contributed by atoms with Gasteiger partial charge in [-0.05, 0) is 63.3 Å². The number of amides is 1. The lowest BCUT2D eigenvalue weighted by Gasteiger charge is -2.10. The van der Waals surface area contributed by atoms with Gasteiger partial charge in [0.2, 0.25) is 0 Å². The van der Waals surface area contributed by atoms with Crippen LogP contribution in [0.4, 0.5) is 0 Å². The SMILES string of the molecule is C/C(N)=C(\C)C(=N)C(=O)Cc1cnc2[nH]c(-c3ccnc(C(=O)NCCN(C)C)c3)cc2c1. The summed E-state index contributed by atoms with van der Waals surface area (Å²) in [6, 6.07) is 7.33. The molecular formula is C24H29N7O2. The van der Waals surface area contributed by atoms with E-state index in [-0.39, 0.29) is 23.8 Å². The molecule has 0 fully saturated rings. The molecule has 5 N–H and O–H groups in total. The summed E-state index contributed by atoms with van der Waals surface area (Å²) < 4.78 is 0. The van der Waals surface area contributed by atoms with E-state index < -0.39 is 0 Å². The third-order valence-electron chi connectivity index (χ3n) is 5.28. The minimum Gasteiger partial charge on any atom is -0.402 e. The van der Waals surface area contributed by atoms with Crippen molar-refractivity contribution in [2.75, 3.05) is 27.2 Å². The number of hydrogen-bond acceptors (Lipinski definition) is 7. The highest BCUT2D eigenvalue weighted by Crippen LogP contribution is 2.24. The number of hydrogen-bond donors (Lipinski definition) is 4. The summed E-state index contributed by atoms with van der Waals surface area (Å²) in [4.78, 5) is 38.7. The molecule has 0 unspecified atom stereocenters. The highest BCUT2D eigenvalue weighted by molar-refractivity contribution is 6.45. The largest absolute Gasteiger partial charge is 0.402 e. The molecular weight excluding hydrogens is 418 g/mol. The quantitative estimate of drug-likeness (QED) is 0.371. The van der Waals surface area contributed by atoms with Crippen LogP contribution < -0.4 is 11.1 Å². The Kier molecular flexibility index (Phi) is 7.34. The summed E-state index contributed by atoms with van der Waals surface area (Å²) in [6.07, 6.45) is 3.29. The second-order valence-corrected chi connectivity index (χ2v) is 8.24. The number of nitrogens with two attached hydrogens (primary N) is 1. The molecule has 0 spiro atoms. The average Bonchev–Trinajstić information content (AvgIpc) is 3.21. The van der Waals surface area contributed by atoms with Gasteiger partial charge in [-0.3, -0.25) is 20.0 Å². The molecule has 0 aromatic carbocycles. The second kappa shape index (κ2) is 10.2. The van der Waals surface area contributed by atoms with E-state index in [9.17, 15) is 9.59 Å². The zero-order valence-electron chi connectivity index (χ0n) is 19.3. The van der Waals surface area contributed by atoms with Crippen molar-refractivity contribution in [3.05, 3.63) is 59.2 Å². The Morgan fingerprint density at radius 2 is 1.94 bits per heavy atom. The van der Waals surface area contributed by atoms with Crippen LogP contribution in [0, 0.1) is 5.41 Å². The molecule has 0 aliphatic rings. The molecule has 0 aliphatic carbocycles. The Morgan fingerprint density at radius 1 is 1.18 bits per heavy atom. The standard InChI is InChI=1S/C24H29N7O2/c1-14(15(2)25)22(26)21(32)10-16-9-18-12-19(30-23(18)29-13-16)17-5-6-27-20(11-17)24(33)28-7-8-31(3)4/h5-6,9,11-13,26H,7-8,10,25H2,1-4H3,(H,28,33)(H,29,30)/b15-14-,26-22?. The van der Waals surface area contributed by atoms with Crippen LogP contribution in [-0.4, -0.2) is 64.4 Å². The van der Waals surface area contributed by atoms with Crippen molar-refractivity contribution in [1.82, 2.24) is 25.2 Å². The third-order valence-corrected chi connectivity index (χ3v) is 5.28. The molecule has 3 heterocycles. The number of Topliss-reactive ketones (excluding diaryl/α,β-unsaturated/α-hetero) is 1. The minimum absolute atomic E-state index is 0.0689. The van der Waals surface area contributed by atoms with Crippen LogP contribution in [0.3, 0.4) is 0 Å². The van der Waals surface area contributed by atoms with E-state index in [1.165, 1.54) is 0 Å². The monoisotopic (exact) mass is 447 g/mol. The van der Waals surface area contributed by atoms with E-state index in [1.807, 2.05) is 37.2 Å². The van der Waals surface area contributed by atoms with Gasteiger partial charge in [0.1, 0.15) is 17.1 Å². The predicted octanol–water partition coefficient (Wildman–Crippen LogP) is 2.30. The fourth-order valence-corrected chi connectivity index (χ4v) is 3.20. The molecule has 0 aliphatic heterocycles.